The van der Waals surface area contributed by atoms with E-state index in [0.29, 0.717) is 0 Å². The average Bonchev–Trinajstić information content (AvgIpc) is 3.24. The van der Waals surface area contributed by atoms with E-state index in [1.165, 1.54) is 10.3 Å². The molecule has 24 heavy (non-hydrogen) atoms. The van der Waals surface area contributed by atoms with E-state index >= 15 is 0 Å². The molecule has 0 saturated carbocycles. The highest BCUT2D eigenvalue weighted by molar-refractivity contribution is 8.14. The number of rotatable bonds is 5. The first-order valence-corrected chi connectivity index (χ1v) is 9.80. The number of anilines is 2. The van der Waals surface area contributed by atoms with Gasteiger partial charge in [-0.05, 0) is 36.2 Å². The summed E-state index contributed by atoms with van der Waals surface area (Å²) < 4.78 is 1.22. The van der Waals surface area contributed by atoms with Crippen molar-refractivity contribution in [2.75, 3.05) is 29.5 Å². The molecule has 1 aliphatic rings. The molecule has 0 atom stereocenters. The summed E-state index contributed by atoms with van der Waals surface area (Å²) in [4.78, 5) is 9.04. The van der Waals surface area contributed by atoms with Crippen molar-refractivity contribution < 1.29 is 0 Å². The Morgan fingerprint density at radius 3 is 2.92 bits per heavy atom. The van der Waals surface area contributed by atoms with Crippen molar-refractivity contribution in [2.24, 2.45) is 4.99 Å². The van der Waals surface area contributed by atoms with Crippen LogP contribution >= 0.6 is 23.1 Å². The summed E-state index contributed by atoms with van der Waals surface area (Å²) in [6, 6.07) is 16.8. The highest BCUT2D eigenvalue weighted by Crippen LogP contribution is 2.25. The zero-order chi connectivity index (χ0) is 16.2. The molecule has 0 amide bonds. The van der Waals surface area contributed by atoms with Crippen molar-refractivity contribution >= 4 is 49.3 Å². The molecule has 4 rings (SSSR count). The lowest BCUT2D eigenvalue weighted by Crippen LogP contribution is -2.07. The van der Waals surface area contributed by atoms with Crippen molar-refractivity contribution in [3.63, 3.8) is 0 Å². The Bertz CT molecular complexity index is 839. The number of benzene rings is 2. The molecule has 2 aromatic carbocycles. The maximum absolute atomic E-state index is 4.61. The summed E-state index contributed by atoms with van der Waals surface area (Å²) in [6.45, 7) is 1.79. The summed E-state index contributed by atoms with van der Waals surface area (Å²) in [7, 11) is 0. The van der Waals surface area contributed by atoms with Crippen LogP contribution in [-0.4, -0.2) is 29.0 Å². The van der Waals surface area contributed by atoms with Crippen LogP contribution in [0.1, 0.15) is 5.56 Å². The second-order valence-corrected chi connectivity index (χ2v) is 7.64. The van der Waals surface area contributed by atoms with Gasteiger partial charge in [-0.2, -0.15) is 0 Å². The Balaban J connectivity index is 1.35. The molecular weight excluding hydrogens is 336 g/mol. The molecule has 0 radical (unpaired) electrons. The predicted octanol–water partition coefficient (Wildman–Crippen LogP) is 4.47. The van der Waals surface area contributed by atoms with Crippen LogP contribution in [0.4, 0.5) is 10.8 Å². The Morgan fingerprint density at radius 2 is 2.04 bits per heavy atom. The third-order valence-electron chi connectivity index (χ3n) is 3.75. The molecule has 1 aromatic heterocycles. The van der Waals surface area contributed by atoms with Gasteiger partial charge in [0.1, 0.15) is 0 Å². The number of aromatic nitrogens is 1. The van der Waals surface area contributed by atoms with Gasteiger partial charge in [0.15, 0.2) is 10.3 Å². The summed E-state index contributed by atoms with van der Waals surface area (Å²) in [5.41, 5.74) is 3.48. The smallest absolute Gasteiger partial charge is 0.183 e. The van der Waals surface area contributed by atoms with E-state index in [9.17, 15) is 0 Å². The van der Waals surface area contributed by atoms with E-state index in [1.54, 1.807) is 23.1 Å². The van der Waals surface area contributed by atoms with Crippen molar-refractivity contribution in [1.29, 1.82) is 0 Å². The lowest BCUT2D eigenvalue weighted by Gasteiger charge is -2.08. The number of aliphatic imine (C=N–C) groups is 1. The fraction of sp³-hybridized carbons (Fsp3) is 0.222. The fourth-order valence-electron chi connectivity index (χ4n) is 2.60. The third-order valence-corrected chi connectivity index (χ3v) is 5.63. The first-order valence-electron chi connectivity index (χ1n) is 7.99. The van der Waals surface area contributed by atoms with Gasteiger partial charge in [-0.15, -0.1) is 0 Å². The van der Waals surface area contributed by atoms with E-state index in [2.05, 4.69) is 63.1 Å². The molecule has 6 heteroatoms. The largest absolute Gasteiger partial charge is 0.361 e. The SMILES string of the molecule is c1cc(CCNc2nc3ccccc3s2)cc(NC2=NCCS2)c1. The highest BCUT2D eigenvalue weighted by atomic mass is 32.2. The van der Waals surface area contributed by atoms with Crippen LogP contribution in [0.15, 0.2) is 53.5 Å². The lowest BCUT2D eigenvalue weighted by atomic mass is 10.1. The zero-order valence-electron chi connectivity index (χ0n) is 13.2. The molecule has 0 fully saturated rings. The van der Waals surface area contributed by atoms with Crippen LogP contribution in [-0.2, 0) is 6.42 Å². The number of thioether (sulfide) groups is 1. The number of nitrogens with one attached hydrogen (secondary N) is 2. The van der Waals surface area contributed by atoms with Crippen LogP contribution in [0.25, 0.3) is 10.2 Å². The number of thiazole rings is 1. The number of nitrogens with zero attached hydrogens (tertiary/aromatic N) is 2. The molecule has 0 bridgehead atoms. The van der Waals surface area contributed by atoms with Gasteiger partial charge in [-0.3, -0.25) is 4.99 Å². The molecule has 3 aromatic rings. The predicted molar refractivity (Wildman–Crippen MR) is 107 cm³/mol. The minimum absolute atomic E-state index is 0.874. The van der Waals surface area contributed by atoms with E-state index < -0.39 is 0 Å². The third kappa shape index (κ3) is 3.71. The monoisotopic (exact) mass is 354 g/mol. The fourth-order valence-corrected chi connectivity index (χ4v) is 4.24. The summed E-state index contributed by atoms with van der Waals surface area (Å²) in [6.07, 6.45) is 0.963. The maximum atomic E-state index is 4.61. The number of para-hydroxylation sites is 1. The van der Waals surface area contributed by atoms with Crippen LogP contribution in [0.2, 0.25) is 0 Å². The van der Waals surface area contributed by atoms with E-state index in [-0.39, 0.29) is 0 Å². The van der Waals surface area contributed by atoms with E-state index in [1.807, 2.05) is 6.07 Å². The molecule has 122 valence electrons. The zero-order valence-corrected chi connectivity index (χ0v) is 14.8. The Kier molecular flexibility index (Phi) is 4.66. The minimum Gasteiger partial charge on any atom is -0.361 e. The van der Waals surface area contributed by atoms with Gasteiger partial charge in [0.2, 0.25) is 0 Å². The normalized spacial score (nSPS) is 13.9. The van der Waals surface area contributed by atoms with Crippen molar-refractivity contribution in [3.8, 4) is 0 Å². The van der Waals surface area contributed by atoms with Gasteiger partial charge in [-0.25, -0.2) is 4.98 Å². The van der Waals surface area contributed by atoms with Crippen LogP contribution in [0, 0.1) is 0 Å². The Labute approximate surface area is 149 Å². The van der Waals surface area contributed by atoms with Gasteiger partial charge in [0.25, 0.3) is 0 Å². The molecule has 0 saturated heterocycles. The second-order valence-electron chi connectivity index (χ2n) is 5.52. The molecule has 0 unspecified atom stereocenters. The molecule has 1 aliphatic heterocycles. The lowest BCUT2D eigenvalue weighted by molar-refractivity contribution is 1.02. The summed E-state index contributed by atoms with van der Waals surface area (Å²) in [5, 5.41) is 8.84. The number of hydrogen-bond acceptors (Lipinski definition) is 6. The number of hydrogen-bond donors (Lipinski definition) is 2. The Morgan fingerprint density at radius 1 is 1.08 bits per heavy atom. The van der Waals surface area contributed by atoms with E-state index in [0.717, 1.165) is 46.8 Å². The molecule has 0 spiro atoms. The number of fused-ring (bicyclic) bond motifs is 1. The molecule has 4 nitrogen and oxygen atoms in total. The first-order chi connectivity index (χ1) is 11.9. The Hall–Kier alpha value is -2.05. The first kappa shape index (κ1) is 15.5. The van der Waals surface area contributed by atoms with Gasteiger partial charge >= 0.3 is 0 Å². The highest BCUT2D eigenvalue weighted by Gasteiger charge is 2.07. The standard InChI is InChI=1S/C18H18N4S2/c1-2-7-16-15(6-1)22-18(24-16)19-9-8-13-4-3-5-14(12-13)21-17-20-10-11-23-17/h1-7,12H,8-11H2,(H,19,22)(H,20,21). The van der Waals surface area contributed by atoms with Crippen molar-refractivity contribution in [2.45, 2.75) is 6.42 Å². The quantitative estimate of drug-likeness (QED) is 0.710. The van der Waals surface area contributed by atoms with Crippen LogP contribution in [0.3, 0.4) is 0 Å². The summed E-state index contributed by atoms with van der Waals surface area (Å²) in [5.74, 6) is 1.08. The van der Waals surface area contributed by atoms with Crippen molar-refractivity contribution in [1.82, 2.24) is 4.98 Å². The molecule has 0 aliphatic carbocycles. The van der Waals surface area contributed by atoms with Gasteiger partial charge in [-0.1, -0.05) is 47.4 Å². The van der Waals surface area contributed by atoms with E-state index in [4.69, 9.17) is 0 Å². The molecule has 2 N–H and O–H groups in total. The van der Waals surface area contributed by atoms with Gasteiger partial charge in [0.05, 0.1) is 16.8 Å². The molecular formula is C18H18N4S2. The number of amidine groups is 1. The van der Waals surface area contributed by atoms with Crippen LogP contribution < -0.4 is 10.6 Å². The maximum Gasteiger partial charge on any atom is 0.183 e. The van der Waals surface area contributed by atoms with Gasteiger partial charge in [0, 0.05) is 18.0 Å². The van der Waals surface area contributed by atoms with Crippen molar-refractivity contribution in [3.05, 3.63) is 54.1 Å². The minimum atomic E-state index is 0.874. The summed E-state index contributed by atoms with van der Waals surface area (Å²) >= 11 is 3.48. The topological polar surface area (TPSA) is 49.3 Å². The van der Waals surface area contributed by atoms with Crippen LogP contribution in [0.5, 0.6) is 0 Å². The second kappa shape index (κ2) is 7.23. The van der Waals surface area contributed by atoms with Gasteiger partial charge < -0.3 is 10.6 Å². The average molecular weight is 355 g/mol. The molecule has 2 heterocycles.